The molecule has 3 unspecified atom stereocenters. The topological polar surface area (TPSA) is 132 Å². The Labute approximate surface area is 97.4 Å². The summed E-state index contributed by atoms with van der Waals surface area (Å²) >= 11 is -7.76. The molecule has 0 radical (unpaired) electrons. The fourth-order valence-electron chi connectivity index (χ4n) is 0.925. The maximum absolute atomic E-state index is 10.8. The number of benzene rings is 1. The van der Waals surface area contributed by atoms with Crippen LogP contribution in [0.1, 0.15) is 0 Å². The lowest BCUT2D eigenvalue weighted by Crippen LogP contribution is -1.99. The molecule has 0 aromatic heterocycles. The molecule has 0 bridgehead atoms. The van der Waals surface area contributed by atoms with Gasteiger partial charge in [0.1, 0.15) is 9.79 Å². The molecular weight excluding hydrogens is 280 g/mol. The fraction of sp³-hybridized carbons (Fsp3) is 0. The van der Waals surface area contributed by atoms with E-state index >= 15 is 0 Å². The highest BCUT2D eigenvalue weighted by molar-refractivity contribution is 7.81. The van der Waals surface area contributed by atoms with E-state index in [4.69, 9.17) is 13.7 Å². The maximum Gasteiger partial charge on any atom is 0.190 e. The lowest BCUT2D eigenvalue weighted by atomic mass is 10.3. The molecule has 0 aliphatic heterocycles. The van der Waals surface area contributed by atoms with Crippen LogP contribution in [0.5, 0.6) is 5.75 Å². The summed E-state index contributed by atoms with van der Waals surface area (Å²) in [4.78, 5) is -1.55. The first-order valence-electron chi connectivity index (χ1n) is 3.54. The minimum absolute atomic E-state index is 0.354. The van der Waals surface area contributed by atoms with Gasteiger partial charge in [0.15, 0.2) is 39.0 Å². The summed E-state index contributed by atoms with van der Waals surface area (Å²) in [5.41, 5.74) is 0. The van der Waals surface area contributed by atoms with Gasteiger partial charge in [-0.15, -0.1) is 0 Å². The molecule has 0 aliphatic rings. The van der Waals surface area contributed by atoms with Crippen molar-refractivity contribution in [3.8, 4) is 5.75 Å². The minimum Gasteiger partial charge on any atom is -0.505 e. The number of aromatic hydroxyl groups is 1. The average molecular weight is 286 g/mol. The summed E-state index contributed by atoms with van der Waals surface area (Å²) in [6.45, 7) is 0. The van der Waals surface area contributed by atoms with Crippen molar-refractivity contribution < 1.29 is 31.4 Å². The summed E-state index contributed by atoms with van der Waals surface area (Å²) < 4.78 is 58.5. The number of phenolic OH excluding ortho intramolecular Hbond substituents is 1. The van der Waals surface area contributed by atoms with Crippen molar-refractivity contribution in [1.29, 1.82) is 0 Å². The molecule has 3 atom stereocenters. The number of phenols is 1. The molecule has 0 spiro atoms. The smallest absolute Gasteiger partial charge is 0.190 e. The van der Waals surface area contributed by atoms with Crippen molar-refractivity contribution in [2.45, 2.75) is 14.7 Å². The second kappa shape index (κ2) is 5.12. The van der Waals surface area contributed by atoms with Gasteiger partial charge >= 0.3 is 0 Å². The average Bonchev–Trinajstić information content (AvgIpc) is 2.16. The molecular formula is C6H6O7S3. The third-order valence-electron chi connectivity index (χ3n) is 1.59. The van der Waals surface area contributed by atoms with Crippen LogP contribution in [0.25, 0.3) is 0 Å². The monoisotopic (exact) mass is 286 g/mol. The largest absolute Gasteiger partial charge is 0.505 e. The van der Waals surface area contributed by atoms with Crippen LogP contribution >= 0.6 is 0 Å². The van der Waals surface area contributed by atoms with Crippen molar-refractivity contribution in [3.63, 3.8) is 0 Å². The van der Waals surface area contributed by atoms with E-state index in [2.05, 4.69) is 0 Å². The van der Waals surface area contributed by atoms with Crippen LogP contribution in [0.15, 0.2) is 26.8 Å². The molecule has 90 valence electrons. The Morgan fingerprint density at radius 1 is 0.812 bits per heavy atom. The van der Waals surface area contributed by atoms with Crippen molar-refractivity contribution >= 4 is 33.2 Å². The molecule has 0 fully saturated rings. The van der Waals surface area contributed by atoms with Crippen LogP contribution < -0.4 is 0 Å². The summed E-state index contributed by atoms with van der Waals surface area (Å²) in [5, 5.41) is 9.35. The van der Waals surface area contributed by atoms with E-state index < -0.39 is 48.8 Å². The predicted octanol–water partition coefficient (Wildman–Crippen LogP) is 0.134. The van der Waals surface area contributed by atoms with Gasteiger partial charge in [-0.3, -0.25) is 0 Å². The summed E-state index contributed by atoms with van der Waals surface area (Å²) in [5.74, 6) is -0.851. The minimum atomic E-state index is -2.64. The molecule has 0 amide bonds. The lowest BCUT2D eigenvalue weighted by Gasteiger charge is -2.06. The predicted molar refractivity (Wildman–Crippen MR) is 55.2 cm³/mol. The summed E-state index contributed by atoms with van der Waals surface area (Å²) in [6, 6.07) is 1.61. The van der Waals surface area contributed by atoms with Gasteiger partial charge in [0.2, 0.25) is 0 Å². The summed E-state index contributed by atoms with van der Waals surface area (Å²) in [7, 11) is 0. The zero-order valence-corrected chi connectivity index (χ0v) is 9.84. The normalized spacial score (nSPS) is 16.7. The highest BCUT2D eigenvalue weighted by Crippen LogP contribution is 2.30. The second-order valence-electron chi connectivity index (χ2n) is 2.52. The Morgan fingerprint density at radius 3 is 1.44 bits per heavy atom. The van der Waals surface area contributed by atoms with E-state index in [9.17, 15) is 17.7 Å². The van der Waals surface area contributed by atoms with E-state index in [1.54, 1.807) is 0 Å². The first-order valence-corrected chi connectivity index (χ1v) is 6.86. The highest BCUT2D eigenvalue weighted by Gasteiger charge is 2.19. The van der Waals surface area contributed by atoms with Crippen molar-refractivity contribution in [1.82, 2.24) is 0 Å². The third kappa shape index (κ3) is 2.72. The van der Waals surface area contributed by atoms with Gasteiger partial charge in [0.25, 0.3) is 0 Å². The van der Waals surface area contributed by atoms with Crippen molar-refractivity contribution in [3.05, 3.63) is 12.1 Å². The number of hydrogen-bond acceptors (Lipinski definition) is 4. The number of hydrogen-bond donors (Lipinski definition) is 4. The molecule has 7 nitrogen and oxygen atoms in total. The zero-order valence-electron chi connectivity index (χ0n) is 7.39. The Kier molecular flexibility index (Phi) is 4.29. The van der Waals surface area contributed by atoms with E-state index in [0.29, 0.717) is 0 Å². The molecule has 1 aromatic rings. The molecule has 1 rings (SSSR count). The van der Waals surface area contributed by atoms with Crippen molar-refractivity contribution in [2.75, 3.05) is 0 Å². The molecule has 4 N–H and O–H groups in total. The molecule has 0 saturated heterocycles. The molecule has 0 aliphatic carbocycles. The first-order chi connectivity index (χ1) is 7.34. The molecule has 0 saturated carbocycles. The standard InChI is InChI=1S/C6H6O7S3/c7-6-4(15(10)11)1-3(14(8)9)2-5(6)16(12)13/h1-2,7H,(H,8,9)(H,10,11)(H,12,13). The van der Waals surface area contributed by atoms with Gasteiger partial charge in [-0.2, -0.15) is 0 Å². The summed E-state index contributed by atoms with van der Waals surface area (Å²) in [6.07, 6.45) is 0. The van der Waals surface area contributed by atoms with Crippen LogP contribution in [-0.2, 0) is 33.2 Å². The Hall–Kier alpha value is -0.650. The maximum atomic E-state index is 10.8. The fourth-order valence-corrected chi connectivity index (χ4v) is 2.58. The Balaban J connectivity index is 3.57. The van der Waals surface area contributed by atoms with Crippen LogP contribution in [0.2, 0.25) is 0 Å². The Morgan fingerprint density at radius 2 is 1.19 bits per heavy atom. The van der Waals surface area contributed by atoms with Crippen LogP contribution in [0, 0.1) is 0 Å². The van der Waals surface area contributed by atoms with Crippen molar-refractivity contribution in [2.24, 2.45) is 0 Å². The van der Waals surface area contributed by atoms with Gasteiger partial charge in [0.05, 0.1) is 4.90 Å². The van der Waals surface area contributed by atoms with Crippen LogP contribution in [0.3, 0.4) is 0 Å². The van der Waals surface area contributed by atoms with Gasteiger partial charge in [-0.25, -0.2) is 12.6 Å². The molecule has 10 heteroatoms. The quantitative estimate of drug-likeness (QED) is 0.581. The van der Waals surface area contributed by atoms with E-state index in [1.807, 2.05) is 0 Å². The molecule has 1 aromatic carbocycles. The van der Waals surface area contributed by atoms with Gasteiger partial charge in [0, 0.05) is 0 Å². The molecule has 16 heavy (non-hydrogen) atoms. The second-order valence-corrected chi connectivity index (χ2v) is 5.36. The number of rotatable bonds is 3. The molecule has 0 heterocycles. The van der Waals surface area contributed by atoms with E-state index in [0.717, 1.165) is 12.1 Å². The SMILES string of the molecule is O=S(O)c1cc(S(=O)O)c(O)c(S(=O)O)c1. The van der Waals surface area contributed by atoms with Gasteiger partial charge in [-0.05, 0) is 12.1 Å². The highest BCUT2D eigenvalue weighted by atomic mass is 32.2. The van der Waals surface area contributed by atoms with Crippen LogP contribution in [-0.4, -0.2) is 31.4 Å². The van der Waals surface area contributed by atoms with E-state index in [-0.39, 0.29) is 4.90 Å². The first kappa shape index (κ1) is 13.4. The van der Waals surface area contributed by atoms with Gasteiger partial charge in [-0.1, -0.05) is 0 Å². The Bertz CT molecular complexity index is 462. The lowest BCUT2D eigenvalue weighted by molar-refractivity contribution is 0.437. The zero-order chi connectivity index (χ0) is 12.5. The third-order valence-corrected chi connectivity index (χ3v) is 3.61. The van der Waals surface area contributed by atoms with E-state index in [1.165, 1.54) is 0 Å². The van der Waals surface area contributed by atoms with Crippen LogP contribution in [0.4, 0.5) is 0 Å². The van der Waals surface area contributed by atoms with Gasteiger partial charge < -0.3 is 18.8 Å².